The molecule has 0 aromatic heterocycles. The lowest BCUT2D eigenvalue weighted by Crippen LogP contribution is -2.46. The highest BCUT2D eigenvalue weighted by Gasteiger charge is 2.29. The Labute approximate surface area is 122 Å². The molecule has 4 heteroatoms. The molecule has 1 saturated heterocycles. The molecule has 2 atom stereocenters. The van der Waals surface area contributed by atoms with Crippen molar-refractivity contribution in [3.05, 3.63) is 0 Å². The molecule has 2 aliphatic rings. The summed E-state index contributed by atoms with van der Waals surface area (Å²) in [5.41, 5.74) is 0. The van der Waals surface area contributed by atoms with Crippen LogP contribution in [0.2, 0.25) is 0 Å². The lowest BCUT2D eigenvalue weighted by Gasteiger charge is -2.38. The number of carbonyl (C=O) groups is 1. The minimum absolute atomic E-state index is 0.111. The fourth-order valence-corrected chi connectivity index (χ4v) is 3.59. The minimum Gasteiger partial charge on any atom is -0.468 e. The third-order valence-electron chi connectivity index (χ3n) is 5.03. The summed E-state index contributed by atoms with van der Waals surface area (Å²) in [6, 6.07) is 0.483. The van der Waals surface area contributed by atoms with Crippen molar-refractivity contribution in [3.63, 3.8) is 0 Å². The molecule has 20 heavy (non-hydrogen) atoms. The molecule has 0 aromatic carbocycles. The maximum Gasteiger partial charge on any atom is 0.319 e. The number of hydrogen-bond acceptors (Lipinski definition) is 4. The highest BCUT2D eigenvalue weighted by Crippen LogP contribution is 2.31. The maximum atomic E-state index is 11.7. The number of methoxy groups -OCH3 is 1. The zero-order chi connectivity index (χ0) is 14.4. The molecule has 1 aliphatic heterocycles. The molecule has 2 rings (SSSR count). The van der Waals surface area contributed by atoms with Crippen LogP contribution >= 0.6 is 0 Å². The van der Waals surface area contributed by atoms with Crippen molar-refractivity contribution < 1.29 is 14.3 Å². The first-order chi connectivity index (χ1) is 9.70. The van der Waals surface area contributed by atoms with Crippen molar-refractivity contribution in [2.45, 2.75) is 51.5 Å². The Kier molecular flexibility index (Phi) is 6.30. The molecular weight excluding hydrogens is 254 g/mol. The number of hydrogen-bond donors (Lipinski definition) is 0. The van der Waals surface area contributed by atoms with Gasteiger partial charge in [-0.1, -0.05) is 26.2 Å². The molecule has 0 N–H and O–H groups in total. The molecule has 1 aliphatic carbocycles. The van der Waals surface area contributed by atoms with E-state index in [1.165, 1.54) is 32.8 Å². The SMILES string of the molecule is COC(=O)CN(CC1CCCCC1C)C1CCOCC1. The van der Waals surface area contributed by atoms with Crippen LogP contribution in [0.3, 0.4) is 0 Å². The van der Waals surface area contributed by atoms with Gasteiger partial charge >= 0.3 is 5.97 Å². The third kappa shape index (κ3) is 4.45. The number of rotatable bonds is 5. The molecule has 0 amide bonds. The molecule has 2 fully saturated rings. The van der Waals surface area contributed by atoms with E-state index in [4.69, 9.17) is 9.47 Å². The van der Waals surface area contributed by atoms with Crippen LogP contribution < -0.4 is 0 Å². The largest absolute Gasteiger partial charge is 0.468 e. The fraction of sp³-hybridized carbons (Fsp3) is 0.938. The Morgan fingerprint density at radius 1 is 1.20 bits per heavy atom. The normalized spacial score (nSPS) is 28.6. The van der Waals surface area contributed by atoms with Crippen molar-refractivity contribution in [2.24, 2.45) is 11.8 Å². The van der Waals surface area contributed by atoms with E-state index in [2.05, 4.69) is 11.8 Å². The van der Waals surface area contributed by atoms with Gasteiger partial charge in [0.1, 0.15) is 0 Å². The van der Waals surface area contributed by atoms with Crippen molar-refractivity contribution in [1.82, 2.24) is 4.90 Å². The van der Waals surface area contributed by atoms with Crippen LogP contribution in [0.1, 0.15) is 45.4 Å². The highest BCUT2D eigenvalue weighted by atomic mass is 16.5. The summed E-state index contributed by atoms with van der Waals surface area (Å²) >= 11 is 0. The van der Waals surface area contributed by atoms with E-state index < -0.39 is 0 Å². The van der Waals surface area contributed by atoms with Gasteiger partial charge in [-0.2, -0.15) is 0 Å². The van der Waals surface area contributed by atoms with Gasteiger partial charge in [0.15, 0.2) is 0 Å². The summed E-state index contributed by atoms with van der Waals surface area (Å²) in [5.74, 6) is 1.40. The second kappa shape index (κ2) is 7.99. The summed E-state index contributed by atoms with van der Waals surface area (Å²) < 4.78 is 10.3. The molecular formula is C16H29NO3. The van der Waals surface area contributed by atoms with E-state index in [0.29, 0.717) is 12.6 Å². The monoisotopic (exact) mass is 283 g/mol. The topological polar surface area (TPSA) is 38.8 Å². The summed E-state index contributed by atoms with van der Waals surface area (Å²) in [6.07, 6.45) is 7.43. The zero-order valence-corrected chi connectivity index (χ0v) is 13.0. The van der Waals surface area contributed by atoms with E-state index >= 15 is 0 Å². The number of esters is 1. The Balaban J connectivity index is 1.95. The van der Waals surface area contributed by atoms with Gasteiger partial charge in [0, 0.05) is 25.8 Å². The average Bonchev–Trinajstić information content (AvgIpc) is 2.49. The highest BCUT2D eigenvalue weighted by molar-refractivity contribution is 5.71. The van der Waals surface area contributed by atoms with Crippen LogP contribution in [0, 0.1) is 11.8 Å². The van der Waals surface area contributed by atoms with Crippen LogP contribution in [0.4, 0.5) is 0 Å². The molecule has 0 radical (unpaired) electrons. The van der Waals surface area contributed by atoms with Crippen LogP contribution in [-0.2, 0) is 14.3 Å². The van der Waals surface area contributed by atoms with E-state index in [0.717, 1.165) is 44.4 Å². The Bertz CT molecular complexity index is 302. The van der Waals surface area contributed by atoms with Gasteiger partial charge in [0.05, 0.1) is 13.7 Å². The minimum atomic E-state index is -0.111. The van der Waals surface area contributed by atoms with Gasteiger partial charge in [0.2, 0.25) is 0 Å². The molecule has 2 unspecified atom stereocenters. The van der Waals surface area contributed by atoms with Crippen molar-refractivity contribution in [3.8, 4) is 0 Å². The summed E-state index contributed by atoms with van der Waals surface area (Å²) in [7, 11) is 1.48. The summed E-state index contributed by atoms with van der Waals surface area (Å²) in [4.78, 5) is 14.1. The van der Waals surface area contributed by atoms with Gasteiger partial charge in [0.25, 0.3) is 0 Å². The lowest BCUT2D eigenvalue weighted by molar-refractivity contribution is -0.143. The third-order valence-corrected chi connectivity index (χ3v) is 5.03. The van der Waals surface area contributed by atoms with Crippen molar-refractivity contribution in [1.29, 1.82) is 0 Å². The molecule has 0 aromatic rings. The standard InChI is InChI=1S/C16H29NO3/c1-13-5-3-4-6-14(13)11-17(12-16(18)19-2)15-7-9-20-10-8-15/h13-15H,3-12H2,1-2H3. The maximum absolute atomic E-state index is 11.7. The average molecular weight is 283 g/mol. The van der Waals surface area contributed by atoms with Gasteiger partial charge in [-0.15, -0.1) is 0 Å². The second-order valence-electron chi connectivity index (χ2n) is 6.37. The Morgan fingerprint density at radius 3 is 2.55 bits per heavy atom. The predicted octanol–water partition coefficient (Wildman–Crippen LogP) is 2.47. The molecule has 1 heterocycles. The number of carbonyl (C=O) groups excluding carboxylic acids is 1. The first kappa shape index (κ1) is 15.8. The van der Waals surface area contributed by atoms with Gasteiger partial charge in [-0.3, -0.25) is 9.69 Å². The van der Waals surface area contributed by atoms with Crippen LogP contribution in [0.25, 0.3) is 0 Å². The Morgan fingerprint density at radius 2 is 1.90 bits per heavy atom. The zero-order valence-electron chi connectivity index (χ0n) is 13.0. The lowest BCUT2D eigenvalue weighted by atomic mass is 9.80. The van der Waals surface area contributed by atoms with Crippen molar-refractivity contribution in [2.75, 3.05) is 33.4 Å². The summed E-state index contributed by atoms with van der Waals surface area (Å²) in [5, 5.41) is 0. The Hall–Kier alpha value is -0.610. The number of nitrogens with zero attached hydrogens (tertiary/aromatic N) is 1. The van der Waals surface area contributed by atoms with Crippen LogP contribution in [0.15, 0.2) is 0 Å². The van der Waals surface area contributed by atoms with E-state index in [-0.39, 0.29) is 5.97 Å². The van der Waals surface area contributed by atoms with E-state index in [1.54, 1.807) is 0 Å². The second-order valence-corrected chi connectivity index (χ2v) is 6.37. The predicted molar refractivity (Wildman–Crippen MR) is 78.6 cm³/mol. The molecule has 4 nitrogen and oxygen atoms in total. The van der Waals surface area contributed by atoms with E-state index in [1.807, 2.05) is 0 Å². The van der Waals surface area contributed by atoms with Gasteiger partial charge in [-0.05, 0) is 31.1 Å². The number of ether oxygens (including phenoxy) is 2. The fourth-order valence-electron chi connectivity index (χ4n) is 3.59. The molecule has 116 valence electrons. The smallest absolute Gasteiger partial charge is 0.319 e. The first-order valence-corrected chi connectivity index (χ1v) is 8.09. The van der Waals surface area contributed by atoms with Gasteiger partial charge < -0.3 is 9.47 Å². The van der Waals surface area contributed by atoms with Crippen LogP contribution in [0.5, 0.6) is 0 Å². The van der Waals surface area contributed by atoms with Crippen LogP contribution in [-0.4, -0.2) is 50.3 Å². The van der Waals surface area contributed by atoms with Gasteiger partial charge in [-0.25, -0.2) is 0 Å². The van der Waals surface area contributed by atoms with E-state index in [9.17, 15) is 4.79 Å². The summed E-state index contributed by atoms with van der Waals surface area (Å²) in [6.45, 7) is 5.49. The first-order valence-electron chi connectivity index (χ1n) is 8.09. The molecule has 0 bridgehead atoms. The van der Waals surface area contributed by atoms with Crippen molar-refractivity contribution >= 4 is 5.97 Å². The quantitative estimate of drug-likeness (QED) is 0.727. The molecule has 1 saturated carbocycles. The molecule has 0 spiro atoms.